The van der Waals surface area contributed by atoms with Crippen LogP contribution in [0.4, 0.5) is 10.5 Å². The van der Waals surface area contributed by atoms with Crippen molar-refractivity contribution in [3.63, 3.8) is 0 Å². The van der Waals surface area contributed by atoms with Gasteiger partial charge in [0.1, 0.15) is 5.65 Å². The predicted molar refractivity (Wildman–Crippen MR) is 111 cm³/mol. The van der Waals surface area contributed by atoms with Gasteiger partial charge in [0.05, 0.1) is 6.20 Å². The lowest BCUT2D eigenvalue weighted by Gasteiger charge is -2.33. The van der Waals surface area contributed by atoms with Gasteiger partial charge in [-0.25, -0.2) is 4.79 Å². The smallest absolute Gasteiger partial charge is 0.321 e. The van der Waals surface area contributed by atoms with Crippen molar-refractivity contribution in [3.05, 3.63) is 58.6 Å². The van der Waals surface area contributed by atoms with Crippen molar-refractivity contribution in [3.8, 4) is 0 Å². The van der Waals surface area contributed by atoms with E-state index in [1.54, 1.807) is 24.0 Å². The quantitative estimate of drug-likeness (QED) is 0.689. The van der Waals surface area contributed by atoms with E-state index in [0.717, 1.165) is 29.9 Å². The van der Waals surface area contributed by atoms with Crippen molar-refractivity contribution in [2.75, 3.05) is 24.7 Å². The van der Waals surface area contributed by atoms with Crippen LogP contribution in [0.5, 0.6) is 0 Å². The molecule has 0 atom stereocenters. The molecule has 28 heavy (non-hydrogen) atoms. The van der Waals surface area contributed by atoms with Gasteiger partial charge in [0, 0.05) is 54.5 Å². The van der Waals surface area contributed by atoms with Gasteiger partial charge in [0.15, 0.2) is 0 Å². The summed E-state index contributed by atoms with van der Waals surface area (Å²) in [5, 5.41) is 7.04. The van der Waals surface area contributed by atoms with Gasteiger partial charge in [0.25, 0.3) is 5.56 Å². The monoisotopic (exact) mass is 397 g/mol. The molecule has 7 nitrogen and oxygen atoms in total. The molecule has 1 saturated heterocycles. The molecule has 1 aromatic carbocycles. The fraction of sp³-hybridized carbons (Fsp3) is 0.350. The minimum absolute atomic E-state index is 0.0736. The van der Waals surface area contributed by atoms with E-state index in [1.165, 1.54) is 9.41 Å². The lowest BCUT2D eigenvalue weighted by molar-refractivity contribution is 0.193. The van der Waals surface area contributed by atoms with E-state index in [1.807, 2.05) is 53.1 Å². The van der Waals surface area contributed by atoms with E-state index < -0.39 is 0 Å². The molecule has 8 heteroatoms. The highest BCUT2D eigenvalue weighted by Gasteiger charge is 2.26. The molecule has 1 aliphatic rings. The van der Waals surface area contributed by atoms with Crippen molar-refractivity contribution in [2.45, 2.75) is 23.7 Å². The number of urea groups is 1. The van der Waals surface area contributed by atoms with Crippen LogP contribution in [0.1, 0.15) is 24.5 Å². The first kappa shape index (κ1) is 18.6. The number of aryl methyl sites for hydroxylation is 1. The Hall–Kier alpha value is -2.74. The van der Waals surface area contributed by atoms with E-state index in [2.05, 4.69) is 10.4 Å². The number of hydrogen-bond acceptors (Lipinski definition) is 4. The van der Waals surface area contributed by atoms with Gasteiger partial charge < -0.3 is 14.8 Å². The summed E-state index contributed by atoms with van der Waals surface area (Å²) in [5.74, 6) is 0.252. The Morgan fingerprint density at radius 3 is 2.57 bits per heavy atom. The van der Waals surface area contributed by atoms with E-state index in [9.17, 15) is 9.59 Å². The number of carbonyl (C=O) groups excluding carboxylic acids is 1. The molecule has 4 rings (SSSR count). The third-order valence-electron chi connectivity index (χ3n) is 5.38. The summed E-state index contributed by atoms with van der Waals surface area (Å²) in [4.78, 5) is 27.9. The van der Waals surface area contributed by atoms with Crippen LogP contribution in [0.3, 0.4) is 0 Å². The zero-order valence-electron chi connectivity index (χ0n) is 16.0. The summed E-state index contributed by atoms with van der Waals surface area (Å²) in [5.41, 5.74) is 2.49. The van der Waals surface area contributed by atoms with Crippen LogP contribution in [0.25, 0.3) is 5.65 Å². The Kier molecular flexibility index (Phi) is 5.13. The first-order chi connectivity index (χ1) is 13.6. The summed E-state index contributed by atoms with van der Waals surface area (Å²) in [6, 6.07) is 11.3. The molecular formula is C20H23N5O2S. The minimum Gasteiger partial charge on any atom is -0.333 e. The van der Waals surface area contributed by atoms with Gasteiger partial charge in [-0.3, -0.25) is 4.79 Å². The number of piperidine rings is 1. The van der Waals surface area contributed by atoms with Gasteiger partial charge >= 0.3 is 6.03 Å². The van der Waals surface area contributed by atoms with E-state index in [0.29, 0.717) is 13.1 Å². The van der Waals surface area contributed by atoms with Crippen molar-refractivity contribution < 1.29 is 4.79 Å². The highest BCUT2D eigenvalue weighted by atomic mass is 32.2. The molecule has 0 unspecified atom stereocenters. The number of hydrogen-bond donors (Lipinski definition) is 1. The van der Waals surface area contributed by atoms with Crippen LogP contribution in [-0.4, -0.2) is 44.5 Å². The van der Waals surface area contributed by atoms with Crippen molar-refractivity contribution in [1.82, 2.24) is 19.1 Å². The number of fused-ring (bicyclic) bond motifs is 1. The average Bonchev–Trinajstić information content (AvgIpc) is 3.22. The maximum absolute atomic E-state index is 12.6. The average molecular weight is 398 g/mol. The number of nitrogens with one attached hydrogen (secondary N) is 1. The van der Waals surface area contributed by atoms with Crippen LogP contribution in [0.15, 0.2) is 52.3 Å². The predicted octanol–water partition coefficient (Wildman–Crippen LogP) is 3.17. The highest BCUT2D eigenvalue weighted by molar-refractivity contribution is 7.98. The second kappa shape index (κ2) is 7.71. The SMILES string of the molecule is CSc1ccc(NC(=O)N2CCC(c3cc(=O)n4nccc4n3C)CC2)cc1. The fourth-order valence-corrected chi connectivity index (χ4v) is 4.19. The number of rotatable bonds is 3. The van der Waals surface area contributed by atoms with Gasteiger partial charge in [-0.05, 0) is 43.4 Å². The lowest BCUT2D eigenvalue weighted by atomic mass is 9.93. The molecule has 3 aromatic rings. The number of thioether (sulfide) groups is 1. The van der Waals surface area contributed by atoms with Crippen LogP contribution >= 0.6 is 11.8 Å². The standard InChI is InChI=1S/C20H23N5O2S/c1-23-17(13-19(26)25-18(23)7-10-21-25)14-8-11-24(12-9-14)20(27)22-15-3-5-16(28-2)6-4-15/h3-7,10,13-14H,8-9,11-12H2,1-2H3,(H,22,27). The molecule has 0 aliphatic carbocycles. The molecule has 2 aromatic heterocycles. The zero-order chi connectivity index (χ0) is 19.7. The third-order valence-corrected chi connectivity index (χ3v) is 6.12. The van der Waals surface area contributed by atoms with Crippen LogP contribution in [0, 0.1) is 0 Å². The van der Waals surface area contributed by atoms with E-state index >= 15 is 0 Å². The number of benzene rings is 1. The molecule has 0 bridgehead atoms. The molecule has 3 heterocycles. The van der Waals surface area contributed by atoms with E-state index in [-0.39, 0.29) is 17.5 Å². The maximum Gasteiger partial charge on any atom is 0.321 e. The van der Waals surface area contributed by atoms with Crippen LogP contribution in [-0.2, 0) is 7.05 Å². The van der Waals surface area contributed by atoms with Crippen LogP contribution < -0.4 is 10.9 Å². The molecule has 0 spiro atoms. The molecule has 1 fully saturated rings. The molecule has 0 saturated carbocycles. The number of nitrogens with zero attached hydrogens (tertiary/aromatic N) is 4. The Balaban J connectivity index is 1.42. The second-order valence-electron chi connectivity index (χ2n) is 6.99. The molecule has 1 N–H and O–H groups in total. The van der Waals surface area contributed by atoms with Crippen molar-refractivity contribution >= 4 is 29.1 Å². The largest absolute Gasteiger partial charge is 0.333 e. The van der Waals surface area contributed by atoms with Crippen LogP contribution in [0.2, 0.25) is 0 Å². The van der Waals surface area contributed by atoms with Gasteiger partial charge in [0.2, 0.25) is 0 Å². The summed E-state index contributed by atoms with van der Waals surface area (Å²) in [6.07, 6.45) is 5.32. The summed E-state index contributed by atoms with van der Waals surface area (Å²) in [6.45, 7) is 1.33. The third kappa shape index (κ3) is 3.52. The Bertz CT molecular complexity index is 1050. The molecule has 0 radical (unpaired) electrons. The number of amides is 2. The first-order valence-corrected chi connectivity index (χ1v) is 10.5. The number of carbonyl (C=O) groups is 1. The van der Waals surface area contributed by atoms with Crippen molar-refractivity contribution in [1.29, 1.82) is 0 Å². The number of anilines is 1. The van der Waals surface area contributed by atoms with Crippen molar-refractivity contribution in [2.24, 2.45) is 7.05 Å². The Labute approximate surface area is 167 Å². The molecule has 2 amide bonds. The van der Waals surface area contributed by atoms with Gasteiger partial charge in [-0.15, -0.1) is 11.8 Å². The Morgan fingerprint density at radius 1 is 1.18 bits per heavy atom. The van der Waals surface area contributed by atoms with E-state index in [4.69, 9.17) is 0 Å². The molecule has 146 valence electrons. The summed E-state index contributed by atoms with van der Waals surface area (Å²) >= 11 is 1.67. The zero-order valence-corrected chi connectivity index (χ0v) is 16.8. The molecular weight excluding hydrogens is 374 g/mol. The van der Waals surface area contributed by atoms with Gasteiger partial charge in [-0.2, -0.15) is 9.61 Å². The second-order valence-corrected chi connectivity index (χ2v) is 7.87. The summed E-state index contributed by atoms with van der Waals surface area (Å²) in [7, 11) is 1.96. The highest BCUT2D eigenvalue weighted by Crippen LogP contribution is 2.28. The Morgan fingerprint density at radius 2 is 1.89 bits per heavy atom. The maximum atomic E-state index is 12.6. The minimum atomic E-state index is -0.109. The lowest BCUT2D eigenvalue weighted by Crippen LogP contribution is -2.41. The topological polar surface area (TPSA) is 71.6 Å². The number of likely N-dealkylation sites (tertiary alicyclic amines) is 1. The summed E-state index contributed by atoms with van der Waals surface area (Å²) < 4.78 is 3.44. The van der Waals surface area contributed by atoms with Gasteiger partial charge in [-0.1, -0.05) is 0 Å². The fourth-order valence-electron chi connectivity index (χ4n) is 3.78. The molecule has 1 aliphatic heterocycles. The first-order valence-electron chi connectivity index (χ1n) is 9.30. The normalized spacial score (nSPS) is 15.1. The number of aromatic nitrogens is 3.